The highest BCUT2D eigenvalue weighted by Gasteiger charge is 2.13. The number of amides is 1. The summed E-state index contributed by atoms with van der Waals surface area (Å²) in [5, 5.41) is 2.92. The Morgan fingerprint density at radius 2 is 1.70 bits per heavy atom. The van der Waals surface area contributed by atoms with Gasteiger partial charge in [0, 0.05) is 6.04 Å². The number of rotatable bonds is 7. The van der Waals surface area contributed by atoms with E-state index in [2.05, 4.69) is 5.32 Å². The SMILES string of the molecule is Cc1ccccc1OCCn1c(=S)n(CC(=O)NC(C)C)c2ccccc21. The van der Waals surface area contributed by atoms with Crippen molar-refractivity contribution in [2.24, 2.45) is 0 Å². The summed E-state index contributed by atoms with van der Waals surface area (Å²) in [6.45, 7) is 7.26. The summed E-state index contributed by atoms with van der Waals surface area (Å²) in [6.07, 6.45) is 0. The van der Waals surface area contributed by atoms with Gasteiger partial charge in [0.25, 0.3) is 0 Å². The van der Waals surface area contributed by atoms with Gasteiger partial charge in [0.15, 0.2) is 4.77 Å². The molecule has 0 aliphatic rings. The molecule has 1 amide bonds. The van der Waals surface area contributed by atoms with Crippen LogP contribution in [0.25, 0.3) is 11.0 Å². The number of aryl methyl sites for hydroxylation is 1. The van der Waals surface area contributed by atoms with Gasteiger partial charge in [-0.25, -0.2) is 0 Å². The molecule has 0 unspecified atom stereocenters. The predicted octanol–water partition coefficient (Wildman–Crippen LogP) is 4.08. The van der Waals surface area contributed by atoms with Crippen molar-refractivity contribution in [2.75, 3.05) is 6.61 Å². The van der Waals surface area contributed by atoms with Crippen LogP contribution >= 0.6 is 12.2 Å². The topological polar surface area (TPSA) is 48.2 Å². The third kappa shape index (κ3) is 4.39. The largest absolute Gasteiger partial charge is 0.491 e. The van der Waals surface area contributed by atoms with Gasteiger partial charge < -0.3 is 19.2 Å². The molecule has 27 heavy (non-hydrogen) atoms. The van der Waals surface area contributed by atoms with Crippen LogP contribution in [0, 0.1) is 11.7 Å². The molecule has 3 aromatic rings. The highest BCUT2D eigenvalue weighted by atomic mass is 32.1. The zero-order valence-electron chi connectivity index (χ0n) is 15.9. The summed E-state index contributed by atoms with van der Waals surface area (Å²) < 4.78 is 10.5. The fourth-order valence-corrected chi connectivity index (χ4v) is 3.47. The summed E-state index contributed by atoms with van der Waals surface area (Å²) in [7, 11) is 0. The number of aromatic nitrogens is 2. The third-order valence-corrected chi connectivity index (χ3v) is 4.78. The summed E-state index contributed by atoms with van der Waals surface area (Å²) in [4.78, 5) is 12.3. The minimum absolute atomic E-state index is 0.0415. The van der Waals surface area contributed by atoms with E-state index in [9.17, 15) is 4.79 Å². The second-order valence-electron chi connectivity index (χ2n) is 6.85. The minimum Gasteiger partial charge on any atom is -0.491 e. The van der Waals surface area contributed by atoms with Crippen molar-refractivity contribution in [2.45, 2.75) is 39.9 Å². The van der Waals surface area contributed by atoms with Crippen molar-refractivity contribution >= 4 is 29.2 Å². The molecular formula is C21H25N3O2S. The predicted molar refractivity (Wildman–Crippen MR) is 111 cm³/mol. The van der Waals surface area contributed by atoms with Gasteiger partial charge >= 0.3 is 0 Å². The molecule has 0 aliphatic heterocycles. The maximum atomic E-state index is 12.3. The summed E-state index contributed by atoms with van der Waals surface area (Å²) in [6, 6.07) is 16.0. The van der Waals surface area contributed by atoms with E-state index in [-0.39, 0.29) is 18.5 Å². The van der Waals surface area contributed by atoms with Crippen LogP contribution in [0.1, 0.15) is 19.4 Å². The van der Waals surface area contributed by atoms with E-state index < -0.39 is 0 Å². The van der Waals surface area contributed by atoms with E-state index in [1.807, 2.05) is 78.4 Å². The molecule has 0 aliphatic carbocycles. The maximum absolute atomic E-state index is 12.3. The first-order valence-electron chi connectivity index (χ1n) is 9.13. The van der Waals surface area contributed by atoms with E-state index in [0.29, 0.717) is 17.9 Å². The minimum atomic E-state index is -0.0415. The van der Waals surface area contributed by atoms with Crippen LogP contribution in [-0.2, 0) is 17.9 Å². The van der Waals surface area contributed by atoms with E-state index in [4.69, 9.17) is 17.0 Å². The Bertz CT molecular complexity index is 1000. The van der Waals surface area contributed by atoms with Gasteiger partial charge in [-0.05, 0) is 56.8 Å². The lowest BCUT2D eigenvalue weighted by atomic mass is 10.2. The quantitative estimate of drug-likeness (QED) is 0.625. The normalized spacial score (nSPS) is 11.1. The van der Waals surface area contributed by atoms with Crippen molar-refractivity contribution in [1.29, 1.82) is 0 Å². The first-order chi connectivity index (χ1) is 13.0. The third-order valence-electron chi connectivity index (χ3n) is 4.34. The molecule has 0 saturated heterocycles. The molecule has 142 valence electrons. The smallest absolute Gasteiger partial charge is 0.240 e. The number of carbonyl (C=O) groups excluding carboxylic acids is 1. The lowest BCUT2D eigenvalue weighted by Crippen LogP contribution is -2.33. The number of fused-ring (bicyclic) bond motifs is 1. The van der Waals surface area contributed by atoms with Gasteiger partial charge in [0.1, 0.15) is 18.9 Å². The number of hydrogen-bond donors (Lipinski definition) is 1. The Morgan fingerprint density at radius 3 is 2.37 bits per heavy atom. The molecule has 0 saturated carbocycles. The van der Waals surface area contributed by atoms with Gasteiger partial charge in [-0.2, -0.15) is 0 Å². The van der Waals surface area contributed by atoms with Crippen LogP contribution in [0.3, 0.4) is 0 Å². The van der Waals surface area contributed by atoms with Crippen LogP contribution in [0.4, 0.5) is 0 Å². The Balaban J connectivity index is 1.83. The zero-order chi connectivity index (χ0) is 19.4. The number of imidazole rings is 1. The van der Waals surface area contributed by atoms with Gasteiger partial charge in [-0.15, -0.1) is 0 Å². The Labute approximate surface area is 164 Å². The zero-order valence-corrected chi connectivity index (χ0v) is 16.8. The van der Waals surface area contributed by atoms with Crippen LogP contribution in [0.5, 0.6) is 5.75 Å². The molecule has 1 N–H and O–H groups in total. The Kier molecular flexibility index (Phi) is 5.96. The van der Waals surface area contributed by atoms with Crippen molar-refractivity contribution in [3.05, 3.63) is 58.9 Å². The average Bonchev–Trinajstić information content (AvgIpc) is 2.88. The molecule has 2 aromatic carbocycles. The van der Waals surface area contributed by atoms with Crippen molar-refractivity contribution in [1.82, 2.24) is 14.5 Å². The second kappa shape index (κ2) is 8.39. The number of ether oxygens (including phenoxy) is 1. The van der Waals surface area contributed by atoms with E-state index in [1.165, 1.54) is 0 Å². The summed E-state index contributed by atoms with van der Waals surface area (Å²) >= 11 is 5.67. The van der Waals surface area contributed by atoms with E-state index in [0.717, 1.165) is 22.3 Å². The number of nitrogens with one attached hydrogen (secondary N) is 1. The lowest BCUT2D eigenvalue weighted by molar-refractivity contribution is -0.122. The second-order valence-corrected chi connectivity index (χ2v) is 7.21. The number of nitrogens with zero attached hydrogens (tertiary/aromatic N) is 2. The molecule has 1 aromatic heterocycles. The van der Waals surface area contributed by atoms with E-state index >= 15 is 0 Å². The standard InChI is InChI=1S/C21H25N3O2S/c1-15(2)22-20(25)14-24-18-10-6-5-9-17(18)23(21(24)27)12-13-26-19-11-7-4-8-16(19)3/h4-11,15H,12-14H2,1-3H3,(H,22,25). The fraction of sp³-hybridized carbons (Fsp3) is 0.333. The van der Waals surface area contributed by atoms with E-state index in [1.54, 1.807) is 0 Å². The molecular weight excluding hydrogens is 358 g/mol. The molecule has 3 rings (SSSR count). The van der Waals surface area contributed by atoms with Gasteiger partial charge in [0.05, 0.1) is 17.6 Å². The summed E-state index contributed by atoms with van der Waals surface area (Å²) in [5.74, 6) is 0.837. The number of para-hydroxylation sites is 3. The molecule has 5 nitrogen and oxygen atoms in total. The van der Waals surface area contributed by atoms with Crippen LogP contribution in [0.2, 0.25) is 0 Å². The highest BCUT2D eigenvalue weighted by Crippen LogP contribution is 2.19. The number of hydrogen-bond acceptors (Lipinski definition) is 3. The van der Waals surface area contributed by atoms with Crippen molar-refractivity contribution < 1.29 is 9.53 Å². The lowest BCUT2D eigenvalue weighted by Gasteiger charge is -2.10. The number of benzene rings is 2. The molecule has 0 radical (unpaired) electrons. The van der Waals surface area contributed by atoms with Crippen molar-refractivity contribution in [3.8, 4) is 5.75 Å². The molecule has 0 fully saturated rings. The molecule has 0 bridgehead atoms. The van der Waals surface area contributed by atoms with Crippen LogP contribution in [0.15, 0.2) is 48.5 Å². The van der Waals surface area contributed by atoms with Gasteiger partial charge in [0.2, 0.25) is 5.91 Å². The summed E-state index contributed by atoms with van der Waals surface area (Å²) in [5.41, 5.74) is 3.07. The van der Waals surface area contributed by atoms with Crippen LogP contribution < -0.4 is 10.1 Å². The monoisotopic (exact) mass is 383 g/mol. The Hall–Kier alpha value is -2.60. The van der Waals surface area contributed by atoms with Crippen LogP contribution in [-0.4, -0.2) is 27.7 Å². The molecule has 0 atom stereocenters. The highest BCUT2D eigenvalue weighted by molar-refractivity contribution is 7.71. The average molecular weight is 384 g/mol. The Morgan fingerprint density at radius 1 is 1.07 bits per heavy atom. The van der Waals surface area contributed by atoms with Crippen molar-refractivity contribution in [3.63, 3.8) is 0 Å². The first kappa shape index (κ1) is 19.2. The fourth-order valence-electron chi connectivity index (χ4n) is 3.12. The first-order valence-corrected chi connectivity index (χ1v) is 9.54. The van der Waals surface area contributed by atoms with Gasteiger partial charge in [-0.3, -0.25) is 4.79 Å². The maximum Gasteiger partial charge on any atom is 0.240 e. The number of carbonyl (C=O) groups is 1. The molecule has 1 heterocycles. The molecule has 0 spiro atoms. The van der Waals surface area contributed by atoms with Gasteiger partial charge in [-0.1, -0.05) is 30.3 Å². The molecule has 6 heteroatoms.